The minimum absolute atomic E-state index is 0.00636. The maximum Gasteiger partial charge on any atom is 0.321 e. The molecular formula is C21H20N2O4. The molecule has 2 N–H and O–H groups in total. The molecule has 1 aliphatic rings. The van der Waals surface area contributed by atoms with Gasteiger partial charge in [0.1, 0.15) is 5.82 Å². The van der Waals surface area contributed by atoms with E-state index in [4.69, 9.17) is 0 Å². The van der Waals surface area contributed by atoms with Gasteiger partial charge in [-0.15, -0.1) is 0 Å². The maximum atomic E-state index is 11.7. The Labute approximate surface area is 156 Å². The van der Waals surface area contributed by atoms with Crippen LogP contribution in [0.2, 0.25) is 0 Å². The maximum absolute atomic E-state index is 11.7. The Kier molecular flexibility index (Phi) is 3.80. The van der Waals surface area contributed by atoms with Gasteiger partial charge in [0.25, 0.3) is 0 Å². The smallest absolute Gasteiger partial charge is 0.321 e. The molecule has 1 aromatic heterocycles. The number of carboxylic acids is 2. The van der Waals surface area contributed by atoms with Crippen molar-refractivity contribution in [3.63, 3.8) is 0 Å². The molecule has 2 heterocycles. The number of para-hydroxylation sites is 1. The van der Waals surface area contributed by atoms with Crippen molar-refractivity contribution in [3.05, 3.63) is 65.0 Å². The lowest BCUT2D eigenvalue weighted by Gasteiger charge is -2.24. The molecule has 0 fully saturated rings. The second kappa shape index (κ2) is 5.94. The van der Waals surface area contributed by atoms with Crippen molar-refractivity contribution in [2.75, 3.05) is 0 Å². The first-order valence-corrected chi connectivity index (χ1v) is 8.92. The molecule has 0 amide bonds. The van der Waals surface area contributed by atoms with E-state index in [0.29, 0.717) is 5.56 Å². The van der Waals surface area contributed by atoms with E-state index in [9.17, 15) is 19.8 Å². The molecule has 0 spiro atoms. The number of nitrogens with zero attached hydrogens (tertiary/aromatic N) is 2. The highest BCUT2D eigenvalue weighted by molar-refractivity contribution is 5.98. The van der Waals surface area contributed by atoms with Crippen LogP contribution in [0.5, 0.6) is 0 Å². The number of rotatable bonds is 6. The first-order valence-electron chi connectivity index (χ1n) is 8.92. The fourth-order valence-electron chi connectivity index (χ4n) is 4.16. The van der Waals surface area contributed by atoms with Crippen LogP contribution in [0.1, 0.15) is 41.9 Å². The van der Waals surface area contributed by atoms with Crippen LogP contribution in [-0.2, 0) is 16.0 Å². The van der Waals surface area contributed by atoms with Crippen molar-refractivity contribution < 1.29 is 19.8 Å². The fraction of sp³-hybridized carbons (Fsp3) is 0.286. The summed E-state index contributed by atoms with van der Waals surface area (Å²) in [5, 5.41) is 19.1. The number of hydrogen-bond acceptors (Lipinski definition) is 3. The Bertz CT molecular complexity index is 1070. The average molecular weight is 364 g/mol. The lowest BCUT2D eigenvalue weighted by Crippen LogP contribution is -2.40. The molecular weight excluding hydrogens is 344 g/mol. The van der Waals surface area contributed by atoms with Crippen molar-refractivity contribution in [1.29, 1.82) is 0 Å². The topological polar surface area (TPSA) is 92.4 Å². The van der Waals surface area contributed by atoms with Crippen LogP contribution < -0.4 is 0 Å². The largest absolute Gasteiger partial charge is 0.480 e. The second-order valence-corrected chi connectivity index (χ2v) is 7.11. The molecule has 3 aromatic rings. The molecule has 27 heavy (non-hydrogen) atoms. The third kappa shape index (κ3) is 2.36. The van der Waals surface area contributed by atoms with E-state index in [1.165, 1.54) is 0 Å². The van der Waals surface area contributed by atoms with Crippen LogP contribution in [0, 0.1) is 12.3 Å². The van der Waals surface area contributed by atoms with Crippen LogP contribution in [0.15, 0.2) is 42.5 Å². The highest BCUT2D eigenvalue weighted by Crippen LogP contribution is 2.41. The third-order valence-electron chi connectivity index (χ3n) is 5.68. The minimum Gasteiger partial charge on any atom is -0.480 e. The molecule has 138 valence electrons. The number of carbonyl (C=O) groups is 2. The van der Waals surface area contributed by atoms with E-state index in [1.54, 1.807) is 13.0 Å². The second-order valence-electron chi connectivity index (χ2n) is 7.11. The number of hydrogen-bond donors (Lipinski definition) is 2. The molecule has 0 aliphatic carbocycles. The van der Waals surface area contributed by atoms with Crippen molar-refractivity contribution in [3.8, 4) is 0 Å². The minimum atomic E-state index is -1.81. The van der Waals surface area contributed by atoms with E-state index in [-0.39, 0.29) is 18.9 Å². The number of aliphatic carboxylic acids is 2. The van der Waals surface area contributed by atoms with E-state index < -0.39 is 17.4 Å². The van der Waals surface area contributed by atoms with Crippen molar-refractivity contribution in [1.82, 2.24) is 9.55 Å². The average Bonchev–Trinajstić information content (AvgIpc) is 3.03. The van der Waals surface area contributed by atoms with Gasteiger partial charge in [0.05, 0.1) is 17.1 Å². The summed E-state index contributed by atoms with van der Waals surface area (Å²) in [6, 6.07) is 13.7. The summed E-state index contributed by atoms with van der Waals surface area (Å²) in [5.74, 6) is -1.68. The fourth-order valence-corrected chi connectivity index (χ4v) is 4.16. The highest BCUT2D eigenvalue weighted by atomic mass is 16.4. The highest BCUT2D eigenvalue weighted by Gasteiger charge is 2.45. The Hall–Kier alpha value is -3.15. The zero-order chi connectivity index (χ0) is 19.3. The van der Waals surface area contributed by atoms with Gasteiger partial charge in [0, 0.05) is 5.56 Å². The molecule has 2 aromatic carbocycles. The SMILES string of the molecule is CCC(Cc1cccc(C2c3cccc4c3nc(C)n42)c1)(C(=O)O)C(=O)O. The summed E-state index contributed by atoms with van der Waals surface area (Å²) in [7, 11) is 0. The molecule has 0 radical (unpaired) electrons. The van der Waals surface area contributed by atoms with Gasteiger partial charge in [-0.3, -0.25) is 9.59 Å². The number of imidazole rings is 1. The standard InChI is InChI=1S/C21H20N2O4/c1-3-21(19(24)25,20(26)27)11-13-6-4-7-14(10-13)18-15-8-5-9-16-17(15)22-12(2)23(16)18/h4-10,18H,3,11H2,1-2H3,(H,24,25)(H,26,27). The molecule has 1 aliphatic heterocycles. The Balaban J connectivity index is 1.76. The molecule has 0 saturated heterocycles. The molecule has 4 bridgehead atoms. The summed E-state index contributed by atoms with van der Waals surface area (Å²) in [6.45, 7) is 3.57. The lowest BCUT2D eigenvalue weighted by molar-refractivity contribution is -0.164. The monoisotopic (exact) mass is 364 g/mol. The molecule has 6 heteroatoms. The zero-order valence-corrected chi connectivity index (χ0v) is 15.1. The van der Waals surface area contributed by atoms with Gasteiger partial charge < -0.3 is 14.8 Å². The van der Waals surface area contributed by atoms with Crippen molar-refractivity contribution >= 4 is 23.0 Å². The number of aryl methyl sites for hydroxylation is 1. The zero-order valence-electron chi connectivity index (χ0n) is 15.1. The normalized spacial score (nSPS) is 15.6. The predicted molar refractivity (Wildman–Crippen MR) is 99.9 cm³/mol. The predicted octanol–water partition coefficient (Wildman–Crippen LogP) is 3.40. The molecule has 4 rings (SSSR count). The summed E-state index contributed by atoms with van der Waals surface area (Å²) in [4.78, 5) is 28.0. The molecule has 6 nitrogen and oxygen atoms in total. The number of aromatic nitrogens is 2. The van der Waals surface area contributed by atoms with Gasteiger partial charge >= 0.3 is 11.9 Å². The number of carboxylic acid groups (broad SMARTS) is 2. The van der Waals surface area contributed by atoms with E-state index in [1.807, 2.05) is 37.3 Å². The van der Waals surface area contributed by atoms with Crippen LogP contribution in [0.4, 0.5) is 0 Å². The van der Waals surface area contributed by atoms with Gasteiger partial charge in [0.15, 0.2) is 5.41 Å². The lowest BCUT2D eigenvalue weighted by atomic mass is 9.79. The van der Waals surface area contributed by atoms with Crippen molar-refractivity contribution in [2.45, 2.75) is 32.7 Å². The Morgan fingerprint density at radius 1 is 1.15 bits per heavy atom. The molecule has 1 unspecified atom stereocenters. The van der Waals surface area contributed by atoms with Gasteiger partial charge in [-0.05, 0) is 37.0 Å². The Morgan fingerprint density at radius 2 is 1.85 bits per heavy atom. The van der Waals surface area contributed by atoms with E-state index in [2.05, 4.69) is 15.6 Å². The summed E-state index contributed by atoms with van der Waals surface area (Å²) < 4.78 is 2.17. The Morgan fingerprint density at radius 3 is 2.48 bits per heavy atom. The summed E-state index contributed by atoms with van der Waals surface area (Å²) in [6.07, 6.45) is -0.0274. The number of benzene rings is 2. The van der Waals surface area contributed by atoms with Gasteiger partial charge in [0.2, 0.25) is 0 Å². The van der Waals surface area contributed by atoms with Crippen LogP contribution >= 0.6 is 0 Å². The quantitative estimate of drug-likeness (QED) is 0.512. The van der Waals surface area contributed by atoms with Gasteiger partial charge in [-0.25, -0.2) is 4.98 Å². The van der Waals surface area contributed by atoms with Crippen LogP contribution in [-0.4, -0.2) is 31.7 Å². The van der Waals surface area contributed by atoms with Crippen LogP contribution in [0.25, 0.3) is 11.0 Å². The first-order chi connectivity index (χ1) is 12.9. The van der Waals surface area contributed by atoms with Crippen molar-refractivity contribution in [2.24, 2.45) is 5.41 Å². The van der Waals surface area contributed by atoms with Gasteiger partial charge in [-0.2, -0.15) is 0 Å². The first kappa shape index (κ1) is 17.3. The molecule has 0 saturated carbocycles. The van der Waals surface area contributed by atoms with Gasteiger partial charge in [-0.1, -0.05) is 43.3 Å². The third-order valence-corrected chi connectivity index (χ3v) is 5.68. The molecule has 1 atom stereocenters. The van der Waals surface area contributed by atoms with E-state index >= 15 is 0 Å². The summed E-state index contributed by atoms with van der Waals surface area (Å²) >= 11 is 0. The van der Waals surface area contributed by atoms with Crippen LogP contribution in [0.3, 0.4) is 0 Å². The van der Waals surface area contributed by atoms with E-state index in [0.717, 1.165) is 28.0 Å². The summed E-state index contributed by atoms with van der Waals surface area (Å²) in [5.41, 5.74) is 3.09.